The van der Waals surface area contributed by atoms with Crippen molar-refractivity contribution in [3.05, 3.63) is 157 Å². The Hall–Kier alpha value is -4.82. The van der Waals surface area contributed by atoms with Crippen LogP contribution in [0.1, 0.15) is 11.1 Å². The molecule has 0 saturated heterocycles. The third kappa shape index (κ3) is 4.01. The molecule has 1 heterocycles. The minimum Gasteiger partial charge on any atom is -0.310 e. The summed E-state index contributed by atoms with van der Waals surface area (Å²) in [6.45, 7) is 0. The van der Waals surface area contributed by atoms with Crippen LogP contribution >= 0.6 is 0 Å². The lowest BCUT2D eigenvalue weighted by molar-refractivity contribution is 0.977. The number of hydrogen-bond acceptors (Lipinski definition) is 2. The van der Waals surface area contributed by atoms with Crippen molar-refractivity contribution >= 4 is 44.9 Å². The lowest BCUT2D eigenvalue weighted by atomic mass is 10.0. The highest BCUT2D eigenvalue weighted by molar-refractivity contribution is 5.91. The van der Waals surface area contributed by atoms with Crippen LogP contribution in [0, 0.1) is 0 Å². The third-order valence-electron chi connectivity index (χ3n) is 7.48. The molecule has 38 heavy (non-hydrogen) atoms. The predicted molar refractivity (Wildman–Crippen MR) is 161 cm³/mol. The second kappa shape index (κ2) is 9.57. The molecular weight excluding hydrogens is 460 g/mol. The number of nitrogens with zero attached hydrogens (tertiary/aromatic N) is 2. The molecule has 0 atom stereocenters. The Morgan fingerprint density at radius 2 is 1.03 bits per heavy atom. The van der Waals surface area contributed by atoms with E-state index in [1.807, 2.05) is 0 Å². The van der Waals surface area contributed by atoms with Gasteiger partial charge in [0, 0.05) is 28.4 Å². The molecule has 2 nitrogen and oxygen atoms in total. The van der Waals surface area contributed by atoms with Crippen LogP contribution in [0.5, 0.6) is 0 Å². The standard InChI is InChI=1S/C36H28N2/c1-3-14-31(15-4-1)37(33-23-21-27-11-7-8-13-30(27)25-33)34-24-22-29-20-19-28-12-9-10-18-35(28)38(36(29)26-34)32-16-5-2-6-17-32/h1-18,21-26H,19-20H2. The first-order valence-electron chi connectivity index (χ1n) is 13.3. The monoisotopic (exact) mass is 488 g/mol. The van der Waals surface area contributed by atoms with Crippen LogP contribution < -0.4 is 9.80 Å². The van der Waals surface area contributed by atoms with Gasteiger partial charge in [-0.05, 0) is 89.3 Å². The van der Waals surface area contributed by atoms with E-state index < -0.39 is 0 Å². The molecule has 0 saturated carbocycles. The molecule has 7 rings (SSSR count). The first kappa shape index (κ1) is 22.4. The predicted octanol–water partition coefficient (Wildman–Crippen LogP) is 9.88. The molecule has 6 aromatic rings. The van der Waals surface area contributed by atoms with Crippen LogP contribution in [0.25, 0.3) is 10.8 Å². The smallest absolute Gasteiger partial charge is 0.0514 e. The van der Waals surface area contributed by atoms with Gasteiger partial charge < -0.3 is 9.80 Å². The number of fused-ring (bicyclic) bond motifs is 3. The molecule has 0 aromatic heterocycles. The van der Waals surface area contributed by atoms with Gasteiger partial charge in [0.2, 0.25) is 0 Å². The second-order valence-corrected chi connectivity index (χ2v) is 9.82. The lowest BCUT2D eigenvalue weighted by Crippen LogP contribution is -2.14. The van der Waals surface area contributed by atoms with E-state index in [2.05, 4.69) is 155 Å². The summed E-state index contributed by atoms with van der Waals surface area (Å²) >= 11 is 0. The first-order chi connectivity index (χ1) is 18.8. The number of hydrogen-bond donors (Lipinski definition) is 0. The van der Waals surface area contributed by atoms with Crippen LogP contribution in [0.3, 0.4) is 0 Å². The normalized spacial score (nSPS) is 12.5. The zero-order valence-electron chi connectivity index (χ0n) is 21.2. The maximum absolute atomic E-state index is 2.44. The van der Waals surface area contributed by atoms with Crippen LogP contribution in [-0.4, -0.2) is 0 Å². The van der Waals surface area contributed by atoms with E-state index in [1.165, 1.54) is 39.0 Å². The summed E-state index contributed by atoms with van der Waals surface area (Å²) in [5, 5.41) is 2.48. The summed E-state index contributed by atoms with van der Waals surface area (Å²) in [7, 11) is 0. The highest BCUT2D eigenvalue weighted by Crippen LogP contribution is 2.45. The van der Waals surface area contributed by atoms with E-state index >= 15 is 0 Å². The van der Waals surface area contributed by atoms with Crippen molar-refractivity contribution in [3.63, 3.8) is 0 Å². The van der Waals surface area contributed by atoms with Gasteiger partial charge in [0.25, 0.3) is 0 Å². The van der Waals surface area contributed by atoms with Gasteiger partial charge in [-0.3, -0.25) is 0 Å². The zero-order valence-corrected chi connectivity index (χ0v) is 21.2. The van der Waals surface area contributed by atoms with Gasteiger partial charge in [0.1, 0.15) is 0 Å². The summed E-state index contributed by atoms with van der Waals surface area (Å²) in [4.78, 5) is 4.80. The van der Waals surface area contributed by atoms with E-state index in [4.69, 9.17) is 0 Å². The fraction of sp³-hybridized carbons (Fsp3) is 0.0556. The van der Waals surface area contributed by atoms with Crippen LogP contribution in [0.2, 0.25) is 0 Å². The minimum atomic E-state index is 1.01. The van der Waals surface area contributed by atoms with Crippen molar-refractivity contribution in [1.29, 1.82) is 0 Å². The largest absolute Gasteiger partial charge is 0.310 e. The second-order valence-electron chi connectivity index (χ2n) is 9.82. The SMILES string of the molecule is c1ccc(N(c2ccc3c(c2)N(c2ccccc2)c2ccccc2CC3)c2ccc3ccccc3c2)cc1. The highest BCUT2D eigenvalue weighted by Gasteiger charge is 2.24. The molecule has 0 bridgehead atoms. The summed E-state index contributed by atoms with van der Waals surface area (Å²) in [5.41, 5.74) is 9.84. The Morgan fingerprint density at radius 1 is 0.421 bits per heavy atom. The molecule has 0 fully saturated rings. The first-order valence-corrected chi connectivity index (χ1v) is 13.3. The van der Waals surface area contributed by atoms with E-state index in [0.717, 1.165) is 29.9 Å². The summed E-state index contributed by atoms with van der Waals surface area (Å²) < 4.78 is 0. The topological polar surface area (TPSA) is 6.48 Å². The number of para-hydroxylation sites is 3. The van der Waals surface area contributed by atoms with E-state index in [0.29, 0.717) is 0 Å². The zero-order chi connectivity index (χ0) is 25.3. The van der Waals surface area contributed by atoms with E-state index in [-0.39, 0.29) is 0 Å². The number of anilines is 6. The molecule has 2 heteroatoms. The van der Waals surface area contributed by atoms with Crippen molar-refractivity contribution in [2.24, 2.45) is 0 Å². The molecule has 0 spiro atoms. The van der Waals surface area contributed by atoms with Crippen molar-refractivity contribution in [3.8, 4) is 0 Å². The van der Waals surface area contributed by atoms with Gasteiger partial charge in [-0.15, -0.1) is 0 Å². The van der Waals surface area contributed by atoms with Gasteiger partial charge in [0.05, 0.1) is 5.69 Å². The summed E-state index contributed by atoms with van der Waals surface area (Å²) in [6.07, 6.45) is 2.04. The Morgan fingerprint density at radius 3 is 1.84 bits per heavy atom. The Labute approximate surface area is 224 Å². The maximum Gasteiger partial charge on any atom is 0.0514 e. The van der Waals surface area contributed by atoms with Crippen molar-refractivity contribution in [1.82, 2.24) is 0 Å². The van der Waals surface area contributed by atoms with E-state index in [1.54, 1.807) is 0 Å². The number of rotatable bonds is 4. The van der Waals surface area contributed by atoms with Gasteiger partial charge in [-0.1, -0.05) is 91.0 Å². The molecule has 0 radical (unpaired) electrons. The van der Waals surface area contributed by atoms with Crippen molar-refractivity contribution in [2.45, 2.75) is 12.8 Å². The third-order valence-corrected chi connectivity index (χ3v) is 7.48. The molecular formula is C36H28N2. The molecule has 1 aliphatic heterocycles. The molecule has 1 aliphatic rings. The molecule has 0 unspecified atom stereocenters. The summed E-state index contributed by atoms with van der Waals surface area (Å²) in [6, 6.07) is 52.5. The minimum absolute atomic E-state index is 1.01. The fourth-order valence-corrected chi connectivity index (χ4v) is 5.65. The van der Waals surface area contributed by atoms with Crippen LogP contribution in [-0.2, 0) is 12.8 Å². The molecule has 0 amide bonds. The Balaban J connectivity index is 1.44. The van der Waals surface area contributed by atoms with Crippen molar-refractivity contribution in [2.75, 3.05) is 9.80 Å². The Bertz CT molecular complexity index is 1720. The van der Waals surface area contributed by atoms with Gasteiger partial charge in [-0.25, -0.2) is 0 Å². The molecule has 0 aliphatic carbocycles. The molecule has 6 aromatic carbocycles. The molecule has 0 N–H and O–H groups in total. The number of benzene rings is 6. The highest BCUT2D eigenvalue weighted by atomic mass is 15.2. The number of aryl methyl sites for hydroxylation is 2. The van der Waals surface area contributed by atoms with Crippen LogP contribution in [0.15, 0.2) is 146 Å². The van der Waals surface area contributed by atoms with Gasteiger partial charge >= 0.3 is 0 Å². The average molecular weight is 489 g/mol. The van der Waals surface area contributed by atoms with Crippen LogP contribution in [0.4, 0.5) is 34.1 Å². The molecule has 182 valence electrons. The quantitative estimate of drug-likeness (QED) is 0.244. The lowest BCUT2D eigenvalue weighted by Gasteiger charge is -2.30. The van der Waals surface area contributed by atoms with Gasteiger partial charge in [-0.2, -0.15) is 0 Å². The van der Waals surface area contributed by atoms with Gasteiger partial charge in [0.15, 0.2) is 0 Å². The maximum atomic E-state index is 2.44. The van der Waals surface area contributed by atoms with Crippen molar-refractivity contribution < 1.29 is 0 Å². The summed E-state index contributed by atoms with van der Waals surface area (Å²) in [5.74, 6) is 0. The average Bonchev–Trinajstić information content (AvgIpc) is 3.15. The Kier molecular flexibility index (Phi) is 5.64. The van der Waals surface area contributed by atoms with E-state index in [9.17, 15) is 0 Å². The fourth-order valence-electron chi connectivity index (χ4n) is 5.65.